The Hall–Kier alpha value is -1.87. The number of thiophene rings is 1. The van der Waals surface area contributed by atoms with Crippen molar-refractivity contribution in [1.82, 2.24) is 4.90 Å². The summed E-state index contributed by atoms with van der Waals surface area (Å²) in [7, 11) is 1.65. The summed E-state index contributed by atoms with van der Waals surface area (Å²) in [6.45, 7) is -0.304. The van der Waals surface area contributed by atoms with Gasteiger partial charge < -0.3 is 9.64 Å². The number of ether oxygens (including phenoxy) is 1. The molecule has 1 heterocycles. The van der Waals surface area contributed by atoms with Crippen molar-refractivity contribution in [2.45, 2.75) is 69.7 Å². The number of nitrogens with zero attached hydrogens (tertiary/aromatic N) is 2. The fourth-order valence-corrected chi connectivity index (χ4v) is 5.11. The van der Waals surface area contributed by atoms with Crippen LogP contribution in [0.5, 0.6) is 0 Å². The number of likely N-dealkylation sites (N-methyl/N-ethyl adjacent to an activating group) is 1. The number of aryl methyl sites for hydroxylation is 2. The number of amides is 1. The van der Waals surface area contributed by atoms with E-state index < -0.39 is 11.5 Å². The molecule has 1 fully saturated rings. The first-order valence-electron chi connectivity index (χ1n) is 9.52. The number of nitriles is 1. The van der Waals surface area contributed by atoms with Crippen LogP contribution < -0.4 is 0 Å². The van der Waals surface area contributed by atoms with Gasteiger partial charge in [-0.25, -0.2) is 4.79 Å². The quantitative estimate of drug-likeness (QED) is 0.593. The van der Waals surface area contributed by atoms with Gasteiger partial charge in [0.15, 0.2) is 6.61 Å². The average Bonchev–Trinajstić information content (AvgIpc) is 2.96. The van der Waals surface area contributed by atoms with Crippen molar-refractivity contribution in [2.75, 3.05) is 13.7 Å². The first-order chi connectivity index (χ1) is 12.6. The van der Waals surface area contributed by atoms with Crippen LogP contribution in [0.2, 0.25) is 0 Å². The Balaban J connectivity index is 1.59. The summed E-state index contributed by atoms with van der Waals surface area (Å²) in [6.07, 6.45) is 10.0. The highest BCUT2D eigenvalue weighted by Crippen LogP contribution is 2.33. The van der Waals surface area contributed by atoms with Gasteiger partial charge in [0.1, 0.15) is 10.4 Å². The van der Waals surface area contributed by atoms with E-state index in [2.05, 4.69) is 6.07 Å². The predicted molar refractivity (Wildman–Crippen MR) is 100 cm³/mol. The maximum absolute atomic E-state index is 12.5. The molecule has 0 N–H and O–H groups in total. The van der Waals surface area contributed by atoms with Crippen molar-refractivity contribution in [3.63, 3.8) is 0 Å². The van der Waals surface area contributed by atoms with Gasteiger partial charge >= 0.3 is 5.97 Å². The standard InChI is InChI=1S/C20H26N2O3S/c1-22(20(14-21)10-6-3-7-11-20)18(23)13-25-19(24)17-12-15-8-4-2-5-9-16(15)26-17/h12H,2-11,13H2,1H3. The zero-order valence-corrected chi connectivity index (χ0v) is 16.2. The number of carbonyl (C=O) groups is 2. The third-order valence-electron chi connectivity index (χ3n) is 5.68. The van der Waals surface area contributed by atoms with Gasteiger partial charge in [-0.1, -0.05) is 25.7 Å². The molecule has 5 nitrogen and oxygen atoms in total. The van der Waals surface area contributed by atoms with Crippen LogP contribution in [0.3, 0.4) is 0 Å². The Morgan fingerprint density at radius 3 is 2.62 bits per heavy atom. The maximum Gasteiger partial charge on any atom is 0.348 e. The van der Waals surface area contributed by atoms with Crippen molar-refractivity contribution in [1.29, 1.82) is 5.26 Å². The van der Waals surface area contributed by atoms with E-state index in [1.165, 1.54) is 39.5 Å². The monoisotopic (exact) mass is 374 g/mol. The van der Waals surface area contributed by atoms with Crippen molar-refractivity contribution in [2.24, 2.45) is 0 Å². The molecule has 0 atom stereocenters. The topological polar surface area (TPSA) is 70.4 Å². The van der Waals surface area contributed by atoms with Gasteiger partial charge in [0.25, 0.3) is 5.91 Å². The van der Waals surface area contributed by atoms with E-state index in [4.69, 9.17) is 4.74 Å². The molecular formula is C20H26N2O3S. The smallest absolute Gasteiger partial charge is 0.348 e. The van der Waals surface area contributed by atoms with Gasteiger partial charge in [0.05, 0.1) is 6.07 Å². The van der Waals surface area contributed by atoms with Gasteiger partial charge in [-0.3, -0.25) is 4.79 Å². The zero-order chi connectivity index (χ0) is 18.6. The molecule has 0 aliphatic heterocycles. The van der Waals surface area contributed by atoms with Crippen molar-refractivity contribution in [3.05, 3.63) is 21.4 Å². The molecular weight excluding hydrogens is 348 g/mol. The van der Waals surface area contributed by atoms with Gasteiger partial charge in [0, 0.05) is 11.9 Å². The molecule has 0 unspecified atom stereocenters. The Morgan fingerprint density at radius 2 is 1.88 bits per heavy atom. The second kappa shape index (κ2) is 8.22. The molecule has 0 aromatic carbocycles. The Kier molecular flexibility index (Phi) is 5.98. The van der Waals surface area contributed by atoms with Crippen LogP contribution in [-0.2, 0) is 22.4 Å². The minimum absolute atomic E-state index is 0.304. The van der Waals surface area contributed by atoms with Crippen LogP contribution in [0, 0.1) is 11.3 Å². The minimum Gasteiger partial charge on any atom is -0.451 e. The molecule has 2 aliphatic rings. The summed E-state index contributed by atoms with van der Waals surface area (Å²) in [5.74, 6) is -0.737. The normalized spacial score (nSPS) is 18.9. The minimum atomic E-state index is -0.748. The lowest BCUT2D eigenvalue weighted by atomic mass is 9.81. The molecule has 0 spiro atoms. The summed E-state index contributed by atoms with van der Waals surface area (Å²) < 4.78 is 5.27. The molecule has 1 aromatic rings. The zero-order valence-electron chi connectivity index (χ0n) is 15.4. The SMILES string of the molecule is CN(C(=O)COC(=O)c1cc2c(s1)CCCCC2)C1(C#N)CCCCC1. The molecule has 0 radical (unpaired) electrons. The number of esters is 1. The van der Waals surface area contributed by atoms with E-state index in [9.17, 15) is 14.9 Å². The fourth-order valence-electron chi connectivity index (χ4n) is 3.96. The van der Waals surface area contributed by atoms with Crippen LogP contribution in [0.4, 0.5) is 0 Å². The van der Waals surface area contributed by atoms with E-state index in [0.717, 1.165) is 38.5 Å². The molecule has 6 heteroatoms. The second-order valence-electron chi connectivity index (χ2n) is 7.35. The summed E-state index contributed by atoms with van der Waals surface area (Å²) in [6, 6.07) is 4.25. The van der Waals surface area contributed by atoms with Crippen molar-refractivity contribution < 1.29 is 14.3 Å². The number of hydrogen-bond donors (Lipinski definition) is 0. The summed E-state index contributed by atoms with van der Waals surface area (Å²) >= 11 is 1.50. The van der Waals surface area contributed by atoms with Gasteiger partial charge in [-0.2, -0.15) is 5.26 Å². The summed E-state index contributed by atoms with van der Waals surface area (Å²) in [5.41, 5.74) is 0.510. The van der Waals surface area contributed by atoms with E-state index in [0.29, 0.717) is 17.7 Å². The third kappa shape index (κ3) is 3.93. The predicted octanol–water partition coefficient (Wildman–Crippen LogP) is 3.86. The molecule has 140 valence electrons. The molecule has 1 aromatic heterocycles. The van der Waals surface area contributed by atoms with Crippen LogP contribution in [0.1, 0.15) is 71.5 Å². The van der Waals surface area contributed by atoms with Crippen molar-refractivity contribution in [3.8, 4) is 6.07 Å². The van der Waals surface area contributed by atoms with E-state index in [1.807, 2.05) is 6.07 Å². The van der Waals surface area contributed by atoms with E-state index in [1.54, 1.807) is 7.05 Å². The molecule has 3 rings (SSSR count). The number of rotatable bonds is 4. The average molecular weight is 375 g/mol. The molecule has 1 amide bonds. The lowest BCUT2D eigenvalue weighted by molar-refractivity contribution is -0.138. The summed E-state index contributed by atoms with van der Waals surface area (Å²) in [4.78, 5) is 28.2. The van der Waals surface area contributed by atoms with Crippen LogP contribution in [-0.4, -0.2) is 36.0 Å². The first-order valence-corrected chi connectivity index (χ1v) is 10.3. The Labute approximate surface area is 158 Å². The lowest BCUT2D eigenvalue weighted by Crippen LogP contribution is -2.51. The molecule has 0 bridgehead atoms. The third-order valence-corrected chi connectivity index (χ3v) is 6.90. The number of hydrogen-bond acceptors (Lipinski definition) is 5. The molecule has 0 saturated heterocycles. The van der Waals surface area contributed by atoms with E-state index in [-0.39, 0.29) is 12.5 Å². The fraction of sp³-hybridized carbons (Fsp3) is 0.650. The van der Waals surface area contributed by atoms with Crippen molar-refractivity contribution >= 4 is 23.2 Å². The highest BCUT2D eigenvalue weighted by atomic mass is 32.1. The van der Waals surface area contributed by atoms with Crippen LogP contribution in [0.25, 0.3) is 0 Å². The number of carbonyl (C=O) groups excluding carboxylic acids is 2. The Bertz CT molecular complexity index is 690. The largest absolute Gasteiger partial charge is 0.451 e. The second-order valence-corrected chi connectivity index (χ2v) is 8.49. The maximum atomic E-state index is 12.5. The lowest BCUT2D eigenvalue weighted by Gasteiger charge is -2.38. The van der Waals surface area contributed by atoms with Gasteiger partial charge in [0.2, 0.25) is 0 Å². The van der Waals surface area contributed by atoms with Crippen LogP contribution in [0.15, 0.2) is 6.07 Å². The molecule has 2 aliphatic carbocycles. The highest BCUT2D eigenvalue weighted by molar-refractivity contribution is 7.14. The van der Waals surface area contributed by atoms with E-state index >= 15 is 0 Å². The van der Waals surface area contributed by atoms with Gasteiger partial charge in [-0.05, 0) is 50.2 Å². The first kappa shape index (κ1) is 18.9. The number of fused-ring (bicyclic) bond motifs is 1. The molecule has 26 heavy (non-hydrogen) atoms. The highest BCUT2D eigenvalue weighted by Gasteiger charge is 2.39. The molecule has 1 saturated carbocycles. The Morgan fingerprint density at radius 1 is 1.19 bits per heavy atom. The summed E-state index contributed by atoms with van der Waals surface area (Å²) in [5, 5.41) is 9.58. The van der Waals surface area contributed by atoms with Crippen LogP contribution >= 0.6 is 11.3 Å². The van der Waals surface area contributed by atoms with Gasteiger partial charge in [-0.15, -0.1) is 11.3 Å².